The van der Waals surface area contributed by atoms with Crippen LogP contribution in [0, 0.1) is 128 Å². The van der Waals surface area contributed by atoms with Crippen LogP contribution >= 0.6 is 11.3 Å². The summed E-state index contributed by atoms with van der Waals surface area (Å²) in [4.78, 5) is 110. The molecule has 5 aromatic rings. The van der Waals surface area contributed by atoms with Crippen LogP contribution in [0.2, 0.25) is 0 Å². The molecule has 0 spiro atoms. The molecule has 1 aromatic heterocycles. The van der Waals surface area contributed by atoms with E-state index in [0.717, 1.165) is 32.1 Å². The van der Waals surface area contributed by atoms with E-state index in [1.807, 2.05) is 0 Å². The molecule has 0 aliphatic heterocycles. The molecule has 0 radical (unpaired) electrons. The standard InChI is InChI=1S/C13H6F5NO2S.C11H7F5O2.C10H4F6O2.C8H3F5O.C3H6O.C2HF3O.C2H4O/c1-4(12(21)13-19-2-3-22-13)11(20)5-6(14)8(16)10(18)9(17)7(5)15;1-3(4(2)17)11(18)5-6(12)8(14)10(16)9(15)7(5)13;1-2(17)4(11)10(18)3-5(12)7(14)9(16)8(15)6(3)13;1-2(14)3-4(9)6(11)8(13)7(12)5(3)10;1-3(2)4;3-2(4,5)1-6;1-2-3/h2-4H,1H3;3H,1-2H3;4H,1H3;1H3;1-2H3;1H;2H,1H3/i;;;;;1D;2D. The second-order valence-corrected chi connectivity index (χ2v) is 16.3. The van der Waals surface area contributed by atoms with E-state index in [2.05, 4.69) is 4.98 Å². The smallest absolute Gasteiger partial charge is 0.304 e. The molecule has 466 valence electrons. The van der Waals surface area contributed by atoms with Crippen molar-refractivity contribution in [2.45, 2.75) is 67.7 Å². The van der Waals surface area contributed by atoms with Gasteiger partial charge in [-0.2, -0.15) is 13.2 Å². The van der Waals surface area contributed by atoms with E-state index >= 15 is 0 Å². The first kappa shape index (κ1) is 74.5. The van der Waals surface area contributed by atoms with E-state index in [9.17, 15) is 144 Å². The molecule has 11 nitrogen and oxygen atoms in total. The van der Waals surface area contributed by atoms with Crippen LogP contribution in [0.4, 0.5) is 105 Å². The summed E-state index contributed by atoms with van der Waals surface area (Å²) in [5.41, 5.74) is -6.60. The summed E-state index contributed by atoms with van der Waals surface area (Å²) < 4.78 is 314. The quantitative estimate of drug-likeness (QED) is 0.0306. The Morgan fingerprint density at radius 1 is 0.435 bits per heavy atom. The number of carbonyl (C=O) groups excluding carboxylic acids is 10. The summed E-state index contributed by atoms with van der Waals surface area (Å²) in [5.74, 6) is -57.8. The Labute approximate surface area is 465 Å². The fourth-order valence-electron chi connectivity index (χ4n) is 4.96. The number of hydrogen-bond donors (Lipinski definition) is 0. The summed E-state index contributed by atoms with van der Waals surface area (Å²) in [6.45, 7) is 8.54. The molecule has 3 atom stereocenters. The van der Waals surface area contributed by atoms with Gasteiger partial charge in [-0.05, 0) is 55.4 Å². The van der Waals surface area contributed by atoms with Crippen LogP contribution in [-0.4, -0.2) is 76.1 Å². The Kier molecular flexibility index (Phi) is 29.6. The molecule has 1 heterocycles. The third-order valence-corrected chi connectivity index (χ3v) is 9.85. The number of alkyl halides is 4. The molecule has 0 saturated heterocycles. The molecule has 0 fully saturated rings. The van der Waals surface area contributed by atoms with Gasteiger partial charge in [0.2, 0.25) is 47.3 Å². The summed E-state index contributed by atoms with van der Waals surface area (Å²) in [6.07, 6.45) is -9.78. The lowest BCUT2D eigenvalue weighted by Gasteiger charge is -2.11. The van der Waals surface area contributed by atoms with Crippen molar-refractivity contribution in [2.75, 3.05) is 0 Å². The molecule has 3 unspecified atom stereocenters. The minimum Gasteiger partial charge on any atom is -0.304 e. The number of rotatable bonds is 11. The first-order valence-electron chi connectivity index (χ1n) is 22.2. The fourth-order valence-corrected chi connectivity index (χ4v) is 5.62. The highest BCUT2D eigenvalue weighted by Gasteiger charge is 2.38. The zero-order valence-electron chi connectivity index (χ0n) is 44.9. The molecular formula is C49H31F24NO10S. The summed E-state index contributed by atoms with van der Waals surface area (Å²) >= 11 is 0.881. The van der Waals surface area contributed by atoms with E-state index < -0.39 is 216 Å². The lowest BCUT2D eigenvalue weighted by molar-refractivity contribution is -0.156. The average molecular weight is 1280 g/mol. The molecule has 85 heavy (non-hydrogen) atoms. The van der Waals surface area contributed by atoms with Gasteiger partial charge in [0.1, 0.15) is 20.6 Å². The molecule has 36 heteroatoms. The Balaban J connectivity index is 0. The third kappa shape index (κ3) is 20.4. The van der Waals surface area contributed by atoms with Crippen molar-refractivity contribution in [2.24, 2.45) is 11.8 Å². The molecule has 0 aliphatic carbocycles. The number of nitrogens with zero attached hydrogens (tertiary/aromatic N) is 1. The Morgan fingerprint density at radius 3 is 0.859 bits per heavy atom. The van der Waals surface area contributed by atoms with Gasteiger partial charge in [0.05, 0.1) is 34.1 Å². The molecule has 4 aromatic carbocycles. The molecule has 0 N–H and O–H groups in total. The zero-order valence-corrected chi connectivity index (χ0v) is 43.7. The number of aldehydes is 2. The van der Waals surface area contributed by atoms with Gasteiger partial charge in [0.25, 0.3) is 0 Å². The minimum absolute atomic E-state index is 0.107. The monoisotopic (exact) mass is 1280 g/mol. The Bertz CT molecular complexity index is 3270. The van der Waals surface area contributed by atoms with Gasteiger partial charge in [-0.3, -0.25) is 38.4 Å². The van der Waals surface area contributed by atoms with E-state index in [4.69, 9.17) is 12.3 Å². The number of Topliss-reactive ketones (excluding diaryl/α,β-unsaturated/α-hetero) is 8. The van der Waals surface area contributed by atoms with Gasteiger partial charge < -0.3 is 9.59 Å². The summed E-state index contributed by atoms with van der Waals surface area (Å²) in [7, 11) is 0. The Morgan fingerprint density at radius 2 is 0.659 bits per heavy atom. The van der Waals surface area contributed by atoms with Gasteiger partial charge in [-0.25, -0.2) is 97.2 Å². The maximum Gasteiger partial charge on any atom is 0.446 e. The maximum atomic E-state index is 13.6. The van der Waals surface area contributed by atoms with Crippen molar-refractivity contribution in [3.8, 4) is 0 Å². The van der Waals surface area contributed by atoms with Gasteiger partial charge in [-0.15, -0.1) is 11.3 Å². The number of aromatic nitrogens is 1. The number of ketones is 8. The average Bonchev–Trinajstić information content (AvgIpc) is 1.82. The van der Waals surface area contributed by atoms with Gasteiger partial charge >= 0.3 is 6.18 Å². The zero-order chi connectivity index (χ0) is 69.3. The Hall–Kier alpha value is -8.47. The third-order valence-electron chi connectivity index (χ3n) is 9.07. The fraction of sp³-hybridized carbons (Fsp3) is 0.245. The molecule has 0 amide bonds. The van der Waals surface area contributed by atoms with Gasteiger partial charge in [0.15, 0.2) is 121 Å². The van der Waals surface area contributed by atoms with Crippen LogP contribution in [0.15, 0.2) is 11.6 Å². The number of benzene rings is 4. The van der Waals surface area contributed by atoms with E-state index in [1.54, 1.807) is 0 Å². The van der Waals surface area contributed by atoms with Crippen molar-refractivity contribution in [1.29, 1.82) is 0 Å². The van der Waals surface area contributed by atoms with Crippen molar-refractivity contribution in [1.82, 2.24) is 4.98 Å². The van der Waals surface area contributed by atoms with Crippen LogP contribution < -0.4 is 0 Å². The van der Waals surface area contributed by atoms with E-state index in [1.165, 1.54) is 32.3 Å². The highest BCUT2D eigenvalue weighted by molar-refractivity contribution is 7.11. The molecule has 5 rings (SSSR count). The van der Waals surface area contributed by atoms with Crippen LogP contribution in [0.1, 0.15) is 109 Å². The van der Waals surface area contributed by atoms with Crippen molar-refractivity contribution in [3.63, 3.8) is 0 Å². The second-order valence-electron chi connectivity index (χ2n) is 15.4. The van der Waals surface area contributed by atoms with Crippen LogP contribution in [-0.2, 0) is 24.0 Å². The molecule has 0 saturated carbocycles. The number of halogens is 24. The molecular weight excluding hydrogens is 1250 g/mol. The van der Waals surface area contributed by atoms with Crippen LogP contribution in [0.3, 0.4) is 0 Å². The second kappa shape index (κ2) is 33.7. The van der Waals surface area contributed by atoms with Crippen LogP contribution in [0.25, 0.3) is 0 Å². The van der Waals surface area contributed by atoms with Crippen molar-refractivity contribution >= 4 is 70.1 Å². The van der Waals surface area contributed by atoms with Crippen molar-refractivity contribution < 1.29 is 156 Å². The topological polar surface area (TPSA) is 184 Å². The molecule has 0 bridgehead atoms. The lowest BCUT2D eigenvalue weighted by Crippen LogP contribution is -2.26. The predicted octanol–water partition coefficient (Wildman–Crippen LogP) is 13.0. The lowest BCUT2D eigenvalue weighted by atomic mass is 9.94. The predicted molar refractivity (Wildman–Crippen MR) is 239 cm³/mol. The molecule has 0 aliphatic rings. The number of thiazole rings is 1. The van der Waals surface area contributed by atoms with E-state index in [0.29, 0.717) is 13.8 Å². The minimum atomic E-state index is -4.97. The SMILES string of the molecule is CC(=O)C(C)C(=O)c1c(F)c(F)c(F)c(F)c1F.CC(=O)C(F)C(=O)c1c(F)c(F)c(F)c(F)c1F.CC(=O)c1c(F)c(F)c(F)c(F)c1F.CC(C(=O)c1nccs1)C(=O)c1c(F)c(F)c(F)c(F)c1F.CC(C)=O.[2H]C(=O)C(F)(F)F.[2H]C(C)=O. The van der Waals surface area contributed by atoms with E-state index in [-0.39, 0.29) is 10.8 Å². The van der Waals surface area contributed by atoms with Crippen molar-refractivity contribution in [3.05, 3.63) is 155 Å². The highest BCUT2D eigenvalue weighted by Crippen LogP contribution is 2.29. The normalized spacial score (nSPS) is 11.7. The summed E-state index contributed by atoms with van der Waals surface area (Å²) in [6, 6.07) is 0. The van der Waals surface area contributed by atoms with Gasteiger partial charge in [0, 0.05) is 11.6 Å². The summed E-state index contributed by atoms with van der Waals surface area (Å²) in [5, 5.41) is 1.33. The first-order valence-corrected chi connectivity index (χ1v) is 22.1. The first-order chi connectivity index (χ1) is 39.4. The largest absolute Gasteiger partial charge is 0.446 e. The van der Waals surface area contributed by atoms with Gasteiger partial charge in [-0.1, -0.05) is 0 Å². The maximum absolute atomic E-state index is 13.6. The number of hydrogen-bond acceptors (Lipinski definition) is 12. The highest BCUT2D eigenvalue weighted by atomic mass is 32.1. The number of carbonyl (C=O) groups is 10. The van der Waals surface area contributed by atoms with Crippen LogP contribution in [0.5, 0.6) is 0 Å².